The van der Waals surface area contributed by atoms with Crippen LogP contribution in [0.1, 0.15) is 10.4 Å². The highest BCUT2D eigenvalue weighted by Crippen LogP contribution is 2.21. The Morgan fingerprint density at radius 1 is 1.00 bits per heavy atom. The van der Waals surface area contributed by atoms with Crippen molar-refractivity contribution in [1.82, 2.24) is 14.4 Å². The van der Waals surface area contributed by atoms with Gasteiger partial charge in [0.1, 0.15) is 5.65 Å². The molecule has 0 aliphatic carbocycles. The monoisotopic (exact) mass is 314 g/mol. The molecule has 0 radical (unpaired) electrons. The molecule has 0 aliphatic rings. The first-order chi connectivity index (χ1) is 11.8. The third kappa shape index (κ3) is 2.75. The van der Waals surface area contributed by atoms with Crippen LogP contribution in [-0.2, 0) is 0 Å². The summed E-state index contributed by atoms with van der Waals surface area (Å²) >= 11 is 0. The summed E-state index contributed by atoms with van der Waals surface area (Å²) in [6, 6.07) is 17.0. The number of nitrogens with one attached hydrogen (secondary N) is 1. The molecular formula is C19H14N4O. The third-order valence-electron chi connectivity index (χ3n) is 3.73. The highest BCUT2D eigenvalue weighted by Gasteiger charge is 2.07. The lowest BCUT2D eigenvalue weighted by atomic mass is 10.1. The van der Waals surface area contributed by atoms with Crippen LogP contribution < -0.4 is 5.32 Å². The molecule has 116 valence electrons. The van der Waals surface area contributed by atoms with E-state index >= 15 is 0 Å². The molecule has 0 atom stereocenters. The largest absolute Gasteiger partial charge is 0.322 e. The normalized spacial score (nSPS) is 10.7. The van der Waals surface area contributed by atoms with Gasteiger partial charge in [-0.05, 0) is 36.4 Å². The molecule has 0 bridgehead atoms. The zero-order valence-corrected chi connectivity index (χ0v) is 12.8. The molecule has 4 rings (SSSR count). The minimum absolute atomic E-state index is 0.177. The third-order valence-corrected chi connectivity index (χ3v) is 3.73. The van der Waals surface area contributed by atoms with Gasteiger partial charge >= 0.3 is 0 Å². The Morgan fingerprint density at radius 3 is 2.62 bits per heavy atom. The first-order valence-electron chi connectivity index (χ1n) is 7.55. The summed E-state index contributed by atoms with van der Waals surface area (Å²) in [4.78, 5) is 20.7. The van der Waals surface area contributed by atoms with Gasteiger partial charge in [-0.2, -0.15) is 0 Å². The van der Waals surface area contributed by atoms with Crippen molar-refractivity contribution in [1.29, 1.82) is 0 Å². The molecule has 5 nitrogen and oxygen atoms in total. The van der Waals surface area contributed by atoms with Crippen molar-refractivity contribution in [3.05, 3.63) is 84.9 Å². The number of rotatable bonds is 3. The van der Waals surface area contributed by atoms with E-state index in [-0.39, 0.29) is 5.91 Å². The maximum absolute atomic E-state index is 12.1. The van der Waals surface area contributed by atoms with E-state index < -0.39 is 0 Å². The maximum atomic E-state index is 12.1. The van der Waals surface area contributed by atoms with E-state index in [1.807, 2.05) is 59.3 Å². The number of carbonyl (C=O) groups excluding carboxylic acids is 1. The Bertz CT molecular complexity index is 958. The second-order valence-corrected chi connectivity index (χ2v) is 5.37. The standard InChI is InChI=1S/C19H14N4O/c24-19(15-4-3-10-20-12-15)21-16-8-6-14(7-9-16)17-13-23-11-2-1-5-18(23)22-17/h1-13H,(H,21,24). The Labute approximate surface area is 138 Å². The van der Waals surface area contributed by atoms with Gasteiger partial charge in [0, 0.05) is 36.0 Å². The van der Waals surface area contributed by atoms with Gasteiger partial charge in [0.15, 0.2) is 0 Å². The predicted molar refractivity (Wildman–Crippen MR) is 92.8 cm³/mol. The maximum Gasteiger partial charge on any atom is 0.257 e. The minimum atomic E-state index is -0.177. The van der Waals surface area contributed by atoms with Crippen molar-refractivity contribution < 1.29 is 4.79 Å². The van der Waals surface area contributed by atoms with E-state index in [9.17, 15) is 4.79 Å². The van der Waals surface area contributed by atoms with Crippen molar-refractivity contribution in [2.75, 3.05) is 5.32 Å². The predicted octanol–water partition coefficient (Wildman–Crippen LogP) is 3.65. The quantitative estimate of drug-likeness (QED) is 0.628. The van der Waals surface area contributed by atoms with E-state index in [2.05, 4.69) is 15.3 Å². The molecule has 3 heterocycles. The lowest BCUT2D eigenvalue weighted by molar-refractivity contribution is 0.102. The van der Waals surface area contributed by atoms with Crippen molar-refractivity contribution in [2.45, 2.75) is 0 Å². The topological polar surface area (TPSA) is 59.3 Å². The van der Waals surface area contributed by atoms with E-state index in [1.54, 1.807) is 24.5 Å². The number of carbonyl (C=O) groups is 1. The lowest BCUT2D eigenvalue weighted by Gasteiger charge is -2.05. The van der Waals surface area contributed by atoms with Gasteiger partial charge in [-0.15, -0.1) is 0 Å². The van der Waals surface area contributed by atoms with Crippen LogP contribution in [-0.4, -0.2) is 20.3 Å². The summed E-state index contributed by atoms with van der Waals surface area (Å²) < 4.78 is 1.98. The van der Waals surface area contributed by atoms with Gasteiger partial charge in [-0.1, -0.05) is 18.2 Å². The molecule has 1 N–H and O–H groups in total. The van der Waals surface area contributed by atoms with Crippen LogP contribution in [0.2, 0.25) is 0 Å². The zero-order chi connectivity index (χ0) is 16.4. The first kappa shape index (κ1) is 14.1. The van der Waals surface area contributed by atoms with Crippen LogP contribution in [0.4, 0.5) is 5.69 Å². The molecule has 3 aromatic heterocycles. The highest BCUT2D eigenvalue weighted by molar-refractivity contribution is 6.04. The molecule has 1 aromatic carbocycles. The fraction of sp³-hybridized carbons (Fsp3) is 0. The minimum Gasteiger partial charge on any atom is -0.322 e. The van der Waals surface area contributed by atoms with E-state index in [1.165, 1.54) is 0 Å². The van der Waals surface area contributed by atoms with Crippen LogP contribution in [0.25, 0.3) is 16.9 Å². The highest BCUT2D eigenvalue weighted by atomic mass is 16.1. The molecule has 0 spiro atoms. The Hall–Kier alpha value is -3.47. The molecule has 1 amide bonds. The summed E-state index contributed by atoms with van der Waals surface area (Å²) in [6.07, 6.45) is 7.13. The number of fused-ring (bicyclic) bond motifs is 1. The lowest BCUT2D eigenvalue weighted by Crippen LogP contribution is -2.11. The van der Waals surface area contributed by atoms with Crippen LogP contribution in [0.5, 0.6) is 0 Å². The number of amides is 1. The van der Waals surface area contributed by atoms with E-state index in [0.717, 1.165) is 22.6 Å². The molecule has 24 heavy (non-hydrogen) atoms. The molecule has 5 heteroatoms. The van der Waals surface area contributed by atoms with Crippen LogP contribution in [0.15, 0.2) is 79.4 Å². The Morgan fingerprint density at radius 2 is 1.88 bits per heavy atom. The molecular weight excluding hydrogens is 300 g/mol. The van der Waals surface area contributed by atoms with Crippen molar-refractivity contribution >= 4 is 17.2 Å². The number of anilines is 1. The zero-order valence-electron chi connectivity index (χ0n) is 12.8. The van der Waals surface area contributed by atoms with Crippen LogP contribution in [0, 0.1) is 0 Å². The van der Waals surface area contributed by atoms with Crippen molar-refractivity contribution in [3.63, 3.8) is 0 Å². The number of benzene rings is 1. The Kier molecular flexibility index (Phi) is 3.51. The number of nitrogens with zero attached hydrogens (tertiary/aromatic N) is 3. The summed E-state index contributed by atoms with van der Waals surface area (Å²) in [5, 5.41) is 2.86. The smallest absolute Gasteiger partial charge is 0.257 e. The molecule has 0 fully saturated rings. The fourth-order valence-electron chi connectivity index (χ4n) is 2.50. The van der Waals surface area contributed by atoms with Gasteiger partial charge in [-0.3, -0.25) is 9.78 Å². The molecule has 4 aromatic rings. The fourth-order valence-corrected chi connectivity index (χ4v) is 2.50. The Balaban J connectivity index is 1.55. The molecule has 0 aliphatic heterocycles. The first-order valence-corrected chi connectivity index (χ1v) is 7.55. The summed E-state index contributed by atoms with van der Waals surface area (Å²) in [6.45, 7) is 0. The van der Waals surface area contributed by atoms with Gasteiger partial charge in [0.05, 0.1) is 11.3 Å². The van der Waals surface area contributed by atoms with E-state index in [0.29, 0.717) is 5.56 Å². The van der Waals surface area contributed by atoms with E-state index in [4.69, 9.17) is 0 Å². The number of pyridine rings is 2. The van der Waals surface area contributed by atoms with Gasteiger partial charge in [0.25, 0.3) is 5.91 Å². The molecule has 0 unspecified atom stereocenters. The summed E-state index contributed by atoms with van der Waals surface area (Å²) in [5.74, 6) is -0.177. The summed E-state index contributed by atoms with van der Waals surface area (Å²) in [7, 11) is 0. The van der Waals surface area contributed by atoms with Crippen molar-refractivity contribution in [3.8, 4) is 11.3 Å². The van der Waals surface area contributed by atoms with Gasteiger partial charge < -0.3 is 9.72 Å². The van der Waals surface area contributed by atoms with Crippen molar-refractivity contribution in [2.24, 2.45) is 0 Å². The second kappa shape index (κ2) is 5.96. The molecule has 0 saturated heterocycles. The summed E-state index contributed by atoms with van der Waals surface area (Å²) in [5.41, 5.74) is 4.06. The molecule has 0 saturated carbocycles. The average Bonchev–Trinajstić information content (AvgIpc) is 3.07. The number of imidazole rings is 1. The van der Waals surface area contributed by atoms with Crippen LogP contribution >= 0.6 is 0 Å². The number of aromatic nitrogens is 3. The van der Waals surface area contributed by atoms with Crippen LogP contribution in [0.3, 0.4) is 0 Å². The van der Waals surface area contributed by atoms with Gasteiger partial charge in [0.2, 0.25) is 0 Å². The second-order valence-electron chi connectivity index (χ2n) is 5.37. The SMILES string of the molecule is O=C(Nc1ccc(-c2cn3ccccc3n2)cc1)c1cccnc1. The average molecular weight is 314 g/mol. The number of hydrogen-bond acceptors (Lipinski definition) is 3. The number of hydrogen-bond donors (Lipinski definition) is 1. The van der Waals surface area contributed by atoms with Gasteiger partial charge in [-0.25, -0.2) is 4.98 Å².